The highest BCUT2D eigenvalue weighted by atomic mass is 16.5. The van der Waals surface area contributed by atoms with Crippen LogP contribution in [0.25, 0.3) is 0 Å². The lowest BCUT2D eigenvalue weighted by Crippen LogP contribution is -2.41. The number of hydrogen-bond donors (Lipinski definition) is 1. The van der Waals surface area contributed by atoms with Crippen molar-refractivity contribution in [2.24, 2.45) is 0 Å². The molecule has 1 saturated heterocycles. The molecule has 3 aliphatic rings. The van der Waals surface area contributed by atoms with Crippen LogP contribution in [0, 0.1) is 0 Å². The molecule has 2 aromatic carbocycles. The van der Waals surface area contributed by atoms with Crippen molar-refractivity contribution >= 4 is 5.69 Å². The minimum Gasteiger partial charge on any atom is -0.490 e. The van der Waals surface area contributed by atoms with Crippen molar-refractivity contribution in [3.05, 3.63) is 53.6 Å². The number of ether oxygens (including phenoxy) is 4. The largest absolute Gasteiger partial charge is 0.490 e. The molecular weight excluding hydrogens is 452 g/mol. The van der Waals surface area contributed by atoms with Crippen molar-refractivity contribution in [2.75, 3.05) is 51.4 Å². The Morgan fingerprint density at radius 1 is 1.03 bits per heavy atom. The van der Waals surface area contributed by atoms with Gasteiger partial charge in [-0.2, -0.15) is 0 Å². The molecule has 2 fully saturated rings. The lowest BCUT2D eigenvalue weighted by molar-refractivity contribution is 0.0106. The van der Waals surface area contributed by atoms with E-state index in [1.165, 1.54) is 48.9 Å². The summed E-state index contributed by atoms with van der Waals surface area (Å²) >= 11 is 0. The van der Waals surface area contributed by atoms with Crippen molar-refractivity contribution in [1.82, 2.24) is 5.32 Å². The van der Waals surface area contributed by atoms with Crippen LogP contribution in [-0.4, -0.2) is 58.7 Å². The zero-order chi connectivity index (χ0) is 24.6. The summed E-state index contributed by atoms with van der Waals surface area (Å²) in [6.07, 6.45) is 8.93. The van der Waals surface area contributed by atoms with Crippen LogP contribution in [0.1, 0.15) is 62.0 Å². The third kappa shape index (κ3) is 6.53. The van der Waals surface area contributed by atoms with Gasteiger partial charge in [0.15, 0.2) is 0 Å². The number of nitrogens with zero attached hydrogens (tertiary/aromatic N) is 1. The minimum atomic E-state index is 0.147. The fourth-order valence-electron chi connectivity index (χ4n) is 5.80. The smallest absolute Gasteiger partial charge is 0.142 e. The van der Waals surface area contributed by atoms with E-state index in [9.17, 15) is 0 Å². The summed E-state index contributed by atoms with van der Waals surface area (Å²) in [5.41, 5.74) is 3.71. The second-order valence-electron chi connectivity index (χ2n) is 10.4. The Hall–Kier alpha value is -2.28. The number of fused-ring (bicyclic) bond motifs is 1. The molecule has 0 aromatic heterocycles. The molecule has 196 valence electrons. The monoisotopic (exact) mass is 494 g/mol. The van der Waals surface area contributed by atoms with Gasteiger partial charge in [-0.25, -0.2) is 0 Å². The molecule has 0 radical (unpaired) electrons. The van der Waals surface area contributed by atoms with Crippen molar-refractivity contribution in [3.63, 3.8) is 0 Å². The first-order valence-electron chi connectivity index (χ1n) is 13.9. The molecule has 1 unspecified atom stereocenters. The molecule has 6 nitrogen and oxygen atoms in total. The summed E-state index contributed by atoms with van der Waals surface area (Å²) in [4.78, 5) is 2.41. The zero-order valence-corrected chi connectivity index (χ0v) is 21.8. The normalized spacial score (nSPS) is 22.6. The van der Waals surface area contributed by atoms with Crippen molar-refractivity contribution < 1.29 is 18.9 Å². The fraction of sp³-hybridized carbons (Fsp3) is 0.600. The Morgan fingerprint density at radius 2 is 1.89 bits per heavy atom. The van der Waals surface area contributed by atoms with Crippen LogP contribution in [0.2, 0.25) is 0 Å². The number of benzene rings is 2. The quantitative estimate of drug-likeness (QED) is 0.453. The van der Waals surface area contributed by atoms with E-state index in [4.69, 9.17) is 18.9 Å². The lowest BCUT2D eigenvalue weighted by atomic mass is 9.87. The third-order valence-electron chi connectivity index (χ3n) is 7.81. The maximum atomic E-state index is 6.54. The number of anilines is 1. The van der Waals surface area contributed by atoms with Crippen molar-refractivity contribution in [3.8, 4) is 11.5 Å². The van der Waals surface area contributed by atoms with Crippen LogP contribution in [0.15, 0.2) is 42.5 Å². The summed E-state index contributed by atoms with van der Waals surface area (Å²) < 4.78 is 23.9. The van der Waals surface area contributed by atoms with Gasteiger partial charge in [0.2, 0.25) is 0 Å². The first kappa shape index (κ1) is 25.4. The Bertz CT molecular complexity index is 944. The van der Waals surface area contributed by atoms with Crippen LogP contribution in [-0.2, 0) is 16.1 Å². The number of piperidine rings is 1. The van der Waals surface area contributed by atoms with Crippen LogP contribution >= 0.6 is 0 Å². The summed E-state index contributed by atoms with van der Waals surface area (Å²) in [7, 11) is 1.76. The zero-order valence-electron chi connectivity index (χ0n) is 21.8. The highest BCUT2D eigenvalue weighted by Gasteiger charge is 2.28. The molecule has 36 heavy (non-hydrogen) atoms. The third-order valence-corrected chi connectivity index (χ3v) is 7.81. The van der Waals surface area contributed by atoms with Crippen molar-refractivity contribution in [2.45, 2.75) is 69.7 Å². The molecule has 2 heterocycles. The molecule has 2 aromatic rings. The molecule has 1 saturated carbocycles. The molecule has 5 rings (SSSR count). The Morgan fingerprint density at radius 3 is 2.72 bits per heavy atom. The highest BCUT2D eigenvalue weighted by molar-refractivity contribution is 5.61. The molecule has 0 spiro atoms. The van der Waals surface area contributed by atoms with E-state index in [2.05, 4.69) is 52.7 Å². The van der Waals surface area contributed by atoms with E-state index >= 15 is 0 Å². The predicted molar refractivity (Wildman–Crippen MR) is 143 cm³/mol. The first-order chi connectivity index (χ1) is 17.8. The second kappa shape index (κ2) is 12.8. The van der Waals surface area contributed by atoms with Gasteiger partial charge in [0.25, 0.3) is 0 Å². The van der Waals surface area contributed by atoms with E-state index in [1.807, 2.05) is 0 Å². The Kier molecular flexibility index (Phi) is 9.02. The fourth-order valence-corrected chi connectivity index (χ4v) is 5.80. The van der Waals surface area contributed by atoms with Gasteiger partial charge < -0.3 is 29.2 Å². The van der Waals surface area contributed by atoms with Gasteiger partial charge in [0.1, 0.15) is 18.1 Å². The average Bonchev–Trinajstić information content (AvgIpc) is 2.93. The Labute approximate surface area is 216 Å². The van der Waals surface area contributed by atoms with E-state index in [1.54, 1.807) is 7.11 Å². The lowest BCUT2D eigenvalue weighted by Gasteiger charge is -2.33. The molecule has 1 aliphatic carbocycles. The van der Waals surface area contributed by atoms with Gasteiger partial charge in [-0.15, -0.1) is 0 Å². The van der Waals surface area contributed by atoms with E-state index in [0.29, 0.717) is 18.6 Å². The van der Waals surface area contributed by atoms with E-state index in [-0.39, 0.29) is 6.10 Å². The van der Waals surface area contributed by atoms with Gasteiger partial charge in [-0.1, -0.05) is 24.6 Å². The summed E-state index contributed by atoms with van der Waals surface area (Å²) in [5.74, 6) is 2.36. The number of nitrogens with one attached hydrogen (secondary N) is 1. The number of rotatable bonds is 10. The molecule has 2 aliphatic heterocycles. The summed E-state index contributed by atoms with van der Waals surface area (Å²) in [6.45, 7) is 5.90. The molecule has 6 heteroatoms. The van der Waals surface area contributed by atoms with Crippen LogP contribution in [0.3, 0.4) is 0 Å². The molecule has 1 N–H and O–H groups in total. The van der Waals surface area contributed by atoms with Crippen LogP contribution in [0.5, 0.6) is 11.5 Å². The Balaban J connectivity index is 1.20. The van der Waals surface area contributed by atoms with Gasteiger partial charge in [0.05, 0.1) is 31.0 Å². The molecule has 0 amide bonds. The molecule has 0 bridgehead atoms. The van der Waals surface area contributed by atoms with Gasteiger partial charge >= 0.3 is 0 Å². The van der Waals surface area contributed by atoms with E-state index < -0.39 is 0 Å². The summed E-state index contributed by atoms with van der Waals surface area (Å²) in [5, 5.41) is 3.53. The maximum absolute atomic E-state index is 6.54. The van der Waals surface area contributed by atoms with Gasteiger partial charge in [-0.3, -0.25) is 0 Å². The first-order valence-corrected chi connectivity index (χ1v) is 13.9. The summed E-state index contributed by atoms with van der Waals surface area (Å²) in [6, 6.07) is 15.3. The van der Waals surface area contributed by atoms with Gasteiger partial charge in [-0.05, 0) is 80.5 Å². The average molecular weight is 495 g/mol. The second-order valence-corrected chi connectivity index (χ2v) is 10.4. The molecular formula is C30H42N2O4. The van der Waals surface area contributed by atoms with Crippen LogP contribution < -0.4 is 19.7 Å². The van der Waals surface area contributed by atoms with Crippen LogP contribution in [0.4, 0.5) is 5.69 Å². The van der Waals surface area contributed by atoms with Crippen molar-refractivity contribution in [1.29, 1.82) is 0 Å². The minimum absolute atomic E-state index is 0.147. The topological polar surface area (TPSA) is 52.2 Å². The number of hydrogen-bond acceptors (Lipinski definition) is 6. The molecule has 2 atom stereocenters. The number of methoxy groups -OCH3 is 1. The van der Waals surface area contributed by atoms with Gasteiger partial charge in [0, 0.05) is 32.7 Å². The van der Waals surface area contributed by atoms with E-state index in [0.717, 1.165) is 63.7 Å². The predicted octanol–water partition coefficient (Wildman–Crippen LogP) is 5.30. The highest BCUT2D eigenvalue weighted by Crippen LogP contribution is 2.34. The maximum Gasteiger partial charge on any atom is 0.142 e. The SMILES string of the molecule is COCCCN1CCOc2ccc(COC3CNCC[C@@H]3c3ccc(OC4CCCCC4)cc3)cc21. The standard InChI is InChI=1S/C30H42N2O4/c1-33-18-5-16-32-17-19-34-29-13-8-23(20-28(29)32)22-35-30-21-31-15-14-27(30)24-9-11-26(12-10-24)36-25-6-3-2-4-7-25/h8-13,20,25,27,30-31H,2-7,14-19,21-22H2,1H3/t27-,30?/m1/s1.